The number of aromatic nitrogens is 2. The molecule has 1 heterocycles. The highest BCUT2D eigenvalue weighted by molar-refractivity contribution is 9.10. The summed E-state index contributed by atoms with van der Waals surface area (Å²) in [5.41, 5.74) is 1.37. The van der Waals surface area contributed by atoms with Crippen molar-refractivity contribution in [1.82, 2.24) is 9.78 Å². The Bertz CT molecular complexity index is 654. The molecule has 0 aliphatic rings. The Labute approximate surface area is 124 Å². The quantitative estimate of drug-likeness (QED) is 0.929. The molecule has 1 aromatic carbocycles. The van der Waals surface area contributed by atoms with E-state index in [1.54, 1.807) is 18.3 Å². The molecule has 0 radical (unpaired) electrons. The maximum atomic E-state index is 12.9. The Morgan fingerprint density at radius 3 is 2.65 bits per heavy atom. The van der Waals surface area contributed by atoms with Gasteiger partial charge in [0.25, 0.3) is 5.56 Å². The van der Waals surface area contributed by atoms with Gasteiger partial charge in [-0.2, -0.15) is 5.10 Å². The Morgan fingerprint density at radius 1 is 1.40 bits per heavy atom. The summed E-state index contributed by atoms with van der Waals surface area (Å²) in [4.78, 5) is 11.9. The van der Waals surface area contributed by atoms with E-state index in [0.29, 0.717) is 16.7 Å². The number of halogens is 2. The number of nitrogens with one attached hydrogen (secondary N) is 1. The zero-order chi connectivity index (χ0) is 14.7. The molecule has 2 aromatic rings. The van der Waals surface area contributed by atoms with Gasteiger partial charge >= 0.3 is 0 Å². The highest BCUT2D eigenvalue weighted by Crippen LogP contribution is 2.23. The van der Waals surface area contributed by atoms with Gasteiger partial charge in [0.15, 0.2) is 0 Å². The average Bonchev–Trinajstić information content (AvgIpc) is 2.45. The maximum Gasteiger partial charge on any atom is 0.283 e. The number of aryl methyl sites for hydroxylation is 1. The molecule has 4 nitrogen and oxygen atoms in total. The third-order valence-corrected chi connectivity index (χ3v) is 3.79. The number of benzene rings is 1. The molecule has 106 valence electrons. The molecule has 0 fully saturated rings. The molecular formula is C14H15BrFN3O. The zero-order valence-corrected chi connectivity index (χ0v) is 12.8. The van der Waals surface area contributed by atoms with Crippen molar-refractivity contribution in [3.8, 4) is 0 Å². The molecular weight excluding hydrogens is 325 g/mol. The fourth-order valence-corrected chi connectivity index (χ4v) is 2.28. The van der Waals surface area contributed by atoms with Gasteiger partial charge in [-0.15, -0.1) is 0 Å². The van der Waals surface area contributed by atoms with Crippen molar-refractivity contribution in [3.05, 3.63) is 56.7 Å². The van der Waals surface area contributed by atoms with Gasteiger partial charge in [-0.1, -0.05) is 12.1 Å². The van der Waals surface area contributed by atoms with Crippen LogP contribution in [0.25, 0.3) is 0 Å². The molecule has 1 N–H and O–H groups in total. The van der Waals surface area contributed by atoms with Gasteiger partial charge in [0.2, 0.25) is 0 Å². The van der Waals surface area contributed by atoms with E-state index in [9.17, 15) is 9.18 Å². The van der Waals surface area contributed by atoms with Crippen LogP contribution in [0.15, 0.2) is 39.7 Å². The van der Waals surface area contributed by atoms with E-state index in [1.165, 1.54) is 16.8 Å². The summed E-state index contributed by atoms with van der Waals surface area (Å²) in [6, 6.07) is 6.18. The van der Waals surface area contributed by atoms with Crippen LogP contribution in [0.4, 0.5) is 10.1 Å². The fraction of sp³-hybridized carbons (Fsp3) is 0.286. The van der Waals surface area contributed by atoms with Crippen LogP contribution in [0, 0.1) is 5.82 Å². The molecule has 0 amide bonds. The Kier molecular flexibility index (Phi) is 4.54. The first-order chi connectivity index (χ1) is 9.52. The molecule has 1 atom stereocenters. The van der Waals surface area contributed by atoms with E-state index in [4.69, 9.17) is 0 Å². The predicted molar refractivity (Wildman–Crippen MR) is 80.3 cm³/mol. The van der Waals surface area contributed by atoms with Gasteiger partial charge in [0.05, 0.1) is 11.9 Å². The van der Waals surface area contributed by atoms with Crippen molar-refractivity contribution in [3.63, 3.8) is 0 Å². The second-order valence-corrected chi connectivity index (χ2v) is 5.20. The number of anilines is 1. The lowest BCUT2D eigenvalue weighted by atomic mass is 10.1. The molecule has 0 saturated carbocycles. The molecule has 0 aliphatic carbocycles. The molecule has 1 aromatic heterocycles. The molecule has 0 spiro atoms. The summed E-state index contributed by atoms with van der Waals surface area (Å²) in [6.45, 7) is 4.31. The second-order valence-electron chi connectivity index (χ2n) is 4.41. The van der Waals surface area contributed by atoms with Gasteiger partial charge in [0, 0.05) is 12.6 Å². The minimum absolute atomic E-state index is 0.0643. The highest BCUT2D eigenvalue weighted by atomic mass is 79.9. The number of hydrogen-bond donors (Lipinski definition) is 1. The van der Waals surface area contributed by atoms with E-state index in [0.717, 1.165) is 5.56 Å². The van der Waals surface area contributed by atoms with E-state index < -0.39 is 0 Å². The number of hydrogen-bond acceptors (Lipinski definition) is 3. The summed E-state index contributed by atoms with van der Waals surface area (Å²) in [6.07, 6.45) is 1.61. The topological polar surface area (TPSA) is 46.9 Å². The number of rotatable bonds is 4. The van der Waals surface area contributed by atoms with Crippen LogP contribution < -0.4 is 10.9 Å². The Morgan fingerprint density at radius 2 is 2.05 bits per heavy atom. The molecule has 20 heavy (non-hydrogen) atoms. The van der Waals surface area contributed by atoms with Crippen LogP contribution in [-0.2, 0) is 6.54 Å². The van der Waals surface area contributed by atoms with Crippen LogP contribution in [0.2, 0.25) is 0 Å². The van der Waals surface area contributed by atoms with Gasteiger partial charge in [-0.3, -0.25) is 4.79 Å². The smallest absolute Gasteiger partial charge is 0.283 e. The summed E-state index contributed by atoms with van der Waals surface area (Å²) >= 11 is 3.29. The van der Waals surface area contributed by atoms with Gasteiger partial charge in [-0.25, -0.2) is 9.07 Å². The van der Waals surface area contributed by atoms with Crippen LogP contribution in [0.1, 0.15) is 25.5 Å². The van der Waals surface area contributed by atoms with Crippen LogP contribution in [0.3, 0.4) is 0 Å². The third-order valence-electron chi connectivity index (χ3n) is 3.03. The van der Waals surface area contributed by atoms with E-state index in [-0.39, 0.29) is 17.4 Å². The Balaban J connectivity index is 2.24. The molecule has 0 saturated heterocycles. The third kappa shape index (κ3) is 3.07. The highest BCUT2D eigenvalue weighted by Gasteiger charge is 2.11. The summed E-state index contributed by atoms with van der Waals surface area (Å²) in [5, 5.41) is 7.26. The normalized spacial score (nSPS) is 12.2. The second kappa shape index (κ2) is 6.17. The molecule has 0 bridgehead atoms. The summed E-state index contributed by atoms with van der Waals surface area (Å²) in [5.74, 6) is -0.269. The lowest BCUT2D eigenvalue weighted by Gasteiger charge is -2.16. The maximum absolute atomic E-state index is 12.9. The van der Waals surface area contributed by atoms with E-state index in [1.807, 2.05) is 13.8 Å². The Hall–Kier alpha value is -1.69. The van der Waals surface area contributed by atoms with Gasteiger partial charge in [0.1, 0.15) is 10.3 Å². The lowest BCUT2D eigenvalue weighted by Crippen LogP contribution is -2.24. The standard InChI is InChI=1S/C14H15BrFN3O/c1-3-19-14(20)13(15)12(8-17-19)18-9(2)10-4-6-11(16)7-5-10/h4-9,18H,3H2,1-2H3. The van der Waals surface area contributed by atoms with E-state index in [2.05, 4.69) is 26.3 Å². The van der Waals surface area contributed by atoms with Crippen molar-refractivity contribution < 1.29 is 4.39 Å². The first-order valence-corrected chi connectivity index (χ1v) is 7.09. The molecule has 6 heteroatoms. The number of nitrogens with zero attached hydrogens (tertiary/aromatic N) is 2. The van der Waals surface area contributed by atoms with Crippen molar-refractivity contribution in [2.45, 2.75) is 26.4 Å². The monoisotopic (exact) mass is 339 g/mol. The molecule has 0 aliphatic heterocycles. The summed E-state index contributed by atoms with van der Waals surface area (Å²) in [7, 11) is 0. The summed E-state index contributed by atoms with van der Waals surface area (Å²) < 4.78 is 14.7. The SMILES string of the molecule is CCn1ncc(NC(C)c2ccc(F)cc2)c(Br)c1=O. The van der Waals surface area contributed by atoms with Crippen molar-refractivity contribution in [2.75, 3.05) is 5.32 Å². The largest absolute Gasteiger partial charge is 0.376 e. The average molecular weight is 340 g/mol. The van der Waals surface area contributed by atoms with Crippen molar-refractivity contribution in [1.29, 1.82) is 0 Å². The molecule has 1 unspecified atom stereocenters. The van der Waals surface area contributed by atoms with Gasteiger partial charge in [-0.05, 0) is 47.5 Å². The van der Waals surface area contributed by atoms with E-state index >= 15 is 0 Å². The minimum Gasteiger partial charge on any atom is -0.376 e. The van der Waals surface area contributed by atoms with Gasteiger partial charge < -0.3 is 5.32 Å². The van der Waals surface area contributed by atoms with Crippen molar-refractivity contribution >= 4 is 21.6 Å². The first kappa shape index (κ1) is 14.7. The predicted octanol–water partition coefficient (Wildman–Crippen LogP) is 3.34. The first-order valence-electron chi connectivity index (χ1n) is 6.30. The van der Waals surface area contributed by atoms with Crippen LogP contribution in [-0.4, -0.2) is 9.78 Å². The molecule has 2 rings (SSSR count). The van der Waals surface area contributed by atoms with Crippen LogP contribution >= 0.6 is 15.9 Å². The minimum atomic E-state index is -0.269. The van der Waals surface area contributed by atoms with Crippen molar-refractivity contribution in [2.24, 2.45) is 0 Å². The lowest BCUT2D eigenvalue weighted by molar-refractivity contribution is 0.612. The zero-order valence-electron chi connectivity index (χ0n) is 11.2. The fourth-order valence-electron chi connectivity index (χ4n) is 1.86. The van der Waals surface area contributed by atoms with Crippen LogP contribution in [0.5, 0.6) is 0 Å².